The lowest BCUT2D eigenvalue weighted by Gasteiger charge is -2.02. The number of H-pyrrole nitrogens is 1. The molecule has 0 amide bonds. The highest BCUT2D eigenvalue weighted by Gasteiger charge is 2.27. The van der Waals surface area contributed by atoms with Crippen LogP contribution in [-0.4, -0.2) is 24.3 Å². The topological polar surface area (TPSA) is 58.9 Å². The molecule has 4 heterocycles. The van der Waals surface area contributed by atoms with Crippen LogP contribution in [0, 0.1) is 5.95 Å². The number of hydrogen-bond acceptors (Lipinski definition) is 3. The maximum atomic E-state index is 13.7. The number of aromatic nitrogens is 5. The van der Waals surface area contributed by atoms with E-state index in [1.54, 1.807) is 12.3 Å². The van der Waals surface area contributed by atoms with Crippen LogP contribution < -0.4 is 0 Å². The second-order valence-corrected chi connectivity index (χ2v) is 5.69. The van der Waals surface area contributed by atoms with E-state index in [9.17, 15) is 4.39 Å². The Morgan fingerprint density at radius 1 is 1.18 bits per heavy atom. The van der Waals surface area contributed by atoms with Crippen molar-refractivity contribution < 1.29 is 4.39 Å². The van der Waals surface area contributed by atoms with Crippen molar-refractivity contribution in [2.24, 2.45) is 0 Å². The minimum atomic E-state index is -0.371. The number of aromatic amines is 1. The van der Waals surface area contributed by atoms with Gasteiger partial charge in [0, 0.05) is 41.0 Å². The van der Waals surface area contributed by atoms with Crippen molar-refractivity contribution in [3.8, 4) is 11.1 Å². The first-order valence-electron chi connectivity index (χ1n) is 7.26. The molecule has 1 saturated carbocycles. The molecule has 0 bridgehead atoms. The van der Waals surface area contributed by atoms with Crippen molar-refractivity contribution in [3.05, 3.63) is 48.7 Å². The predicted octanol–water partition coefficient (Wildman–Crippen LogP) is 3.29. The van der Waals surface area contributed by atoms with Crippen LogP contribution in [0.25, 0.3) is 27.8 Å². The molecule has 0 aliphatic heterocycles. The number of fused-ring (bicyclic) bond motifs is 2. The zero-order valence-electron chi connectivity index (χ0n) is 11.6. The molecule has 4 aromatic heterocycles. The summed E-state index contributed by atoms with van der Waals surface area (Å²) in [6, 6.07) is 3.73. The molecule has 1 N–H and O–H groups in total. The molecule has 0 aromatic carbocycles. The quantitative estimate of drug-likeness (QED) is 0.617. The predicted molar refractivity (Wildman–Crippen MR) is 80.0 cm³/mol. The molecule has 22 heavy (non-hydrogen) atoms. The summed E-state index contributed by atoms with van der Waals surface area (Å²) in [6.45, 7) is 0. The summed E-state index contributed by atoms with van der Waals surface area (Å²) in [7, 11) is 0. The number of hydrogen-bond donors (Lipinski definition) is 1. The van der Waals surface area contributed by atoms with Gasteiger partial charge in [0.05, 0.1) is 6.20 Å². The minimum absolute atomic E-state index is 0.371. The number of imidazole rings is 1. The molecule has 6 heteroatoms. The van der Waals surface area contributed by atoms with E-state index in [0.717, 1.165) is 28.0 Å². The summed E-state index contributed by atoms with van der Waals surface area (Å²) in [4.78, 5) is 16.3. The monoisotopic (exact) mass is 293 g/mol. The van der Waals surface area contributed by atoms with Crippen molar-refractivity contribution in [1.29, 1.82) is 0 Å². The Hall–Kier alpha value is -2.76. The Balaban J connectivity index is 1.69. The van der Waals surface area contributed by atoms with E-state index < -0.39 is 0 Å². The lowest BCUT2D eigenvalue weighted by atomic mass is 10.1. The normalized spacial score (nSPS) is 15.0. The van der Waals surface area contributed by atoms with Crippen molar-refractivity contribution >= 4 is 16.7 Å². The minimum Gasteiger partial charge on any atom is -0.345 e. The molecule has 5 nitrogen and oxygen atoms in total. The van der Waals surface area contributed by atoms with E-state index in [0.29, 0.717) is 11.6 Å². The van der Waals surface area contributed by atoms with Crippen molar-refractivity contribution in [2.75, 3.05) is 0 Å². The Bertz CT molecular complexity index is 1010. The molecular formula is C16H12FN5. The molecule has 4 aromatic rings. The van der Waals surface area contributed by atoms with Gasteiger partial charge in [-0.1, -0.05) is 0 Å². The van der Waals surface area contributed by atoms with Crippen LogP contribution in [-0.2, 0) is 0 Å². The fourth-order valence-electron chi connectivity index (χ4n) is 2.81. The number of rotatable bonds is 2. The average Bonchev–Trinajstić information content (AvgIpc) is 3.22. The maximum Gasteiger partial charge on any atom is 0.217 e. The molecule has 0 unspecified atom stereocenters. The lowest BCUT2D eigenvalue weighted by molar-refractivity contribution is 0.573. The molecule has 5 rings (SSSR count). The number of halogens is 1. The van der Waals surface area contributed by atoms with Gasteiger partial charge in [-0.2, -0.15) is 4.39 Å². The third kappa shape index (κ3) is 1.67. The zero-order valence-corrected chi connectivity index (χ0v) is 11.6. The third-order valence-electron chi connectivity index (χ3n) is 4.16. The summed E-state index contributed by atoms with van der Waals surface area (Å²) in [5.41, 5.74) is 3.29. The van der Waals surface area contributed by atoms with Gasteiger partial charge in [-0.25, -0.2) is 15.0 Å². The summed E-state index contributed by atoms with van der Waals surface area (Å²) in [5.74, 6) is 1.06. The van der Waals surface area contributed by atoms with E-state index in [2.05, 4.69) is 19.9 Å². The number of nitrogens with zero attached hydrogens (tertiary/aromatic N) is 4. The summed E-state index contributed by atoms with van der Waals surface area (Å²) >= 11 is 0. The van der Waals surface area contributed by atoms with E-state index in [1.165, 1.54) is 23.4 Å². The van der Waals surface area contributed by atoms with Gasteiger partial charge in [0.25, 0.3) is 0 Å². The molecule has 1 aliphatic carbocycles. The summed E-state index contributed by atoms with van der Waals surface area (Å²) in [6.07, 6.45) is 9.07. The first-order chi connectivity index (χ1) is 10.8. The van der Waals surface area contributed by atoms with E-state index in [4.69, 9.17) is 0 Å². The fraction of sp³-hybridized carbons (Fsp3) is 0.188. The van der Waals surface area contributed by atoms with Crippen molar-refractivity contribution in [3.63, 3.8) is 0 Å². The van der Waals surface area contributed by atoms with Crippen LogP contribution in [0.15, 0.2) is 36.9 Å². The standard InChI is InChI=1S/C16H12FN5/c17-13-7-18-14-4-3-10(8-22(13)14)11-5-20-16-12(11)6-19-15(21-16)9-1-2-9/h3-9H,1-2H2,(H,19,20,21). The van der Waals surface area contributed by atoms with Gasteiger partial charge >= 0.3 is 0 Å². The second kappa shape index (κ2) is 4.13. The molecular weight excluding hydrogens is 281 g/mol. The Labute approximate surface area is 124 Å². The molecule has 0 saturated heterocycles. The fourth-order valence-corrected chi connectivity index (χ4v) is 2.81. The number of nitrogens with one attached hydrogen (secondary N) is 1. The summed E-state index contributed by atoms with van der Waals surface area (Å²) < 4.78 is 15.1. The SMILES string of the molecule is Fc1cnc2ccc(-c3c[nH]c4nc(C5CC5)ncc34)cn12. The van der Waals surface area contributed by atoms with Crippen LogP contribution in [0.1, 0.15) is 24.6 Å². The lowest BCUT2D eigenvalue weighted by Crippen LogP contribution is -1.92. The molecule has 0 radical (unpaired) electrons. The summed E-state index contributed by atoms with van der Waals surface area (Å²) in [5, 5.41) is 0.948. The smallest absolute Gasteiger partial charge is 0.217 e. The maximum absolute atomic E-state index is 13.7. The molecule has 108 valence electrons. The molecule has 0 atom stereocenters. The average molecular weight is 293 g/mol. The van der Waals surface area contributed by atoms with Gasteiger partial charge < -0.3 is 4.98 Å². The highest BCUT2D eigenvalue weighted by atomic mass is 19.1. The highest BCUT2D eigenvalue weighted by Crippen LogP contribution is 2.38. The Morgan fingerprint density at radius 3 is 2.95 bits per heavy atom. The van der Waals surface area contributed by atoms with E-state index >= 15 is 0 Å². The Kier molecular flexibility index (Phi) is 2.22. The largest absolute Gasteiger partial charge is 0.345 e. The van der Waals surface area contributed by atoms with Gasteiger partial charge in [-0.15, -0.1) is 0 Å². The first-order valence-corrected chi connectivity index (χ1v) is 7.26. The highest BCUT2D eigenvalue weighted by molar-refractivity contribution is 5.93. The van der Waals surface area contributed by atoms with Crippen LogP contribution in [0.4, 0.5) is 4.39 Å². The third-order valence-corrected chi connectivity index (χ3v) is 4.16. The van der Waals surface area contributed by atoms with Gasteiger partial charge in [0.2, 0.25) is 5.95 Å². The van der Waals surface area contributed by atoms with Gasteiger partial charge in [-0.3, -0.25) is 4.40 Å². The zero-order chi connectivity index (χ0) is 14.7. The number of pyridine rings is 1. The van der Waals surface area contributed by atoms with E-state index in [1.807, 2.05) is 18.5 Å². The van der Waals surface area contributed by atoms with Crippen molar-refractivity contribution in [1.82, 2.24) is 24.3 Å². The van der Waals surface area contributed by atoms with Gasteiger partial charge in [0.15, 0.2) is 0 Å². The molecule has 1 fully saturated rings. The van der Waals surface area contributed by atoms with Crippen LogP contribution >= 0.6 is 0 Å². The van der Waals surface area contributed by atoms with Gasteiger partial charge in [0.1, 0.15) is 17.1 Å². The Morgan fingerprint density at radius 2 is 2.09 bits per heavy atom. The second-order valence-electron chi connectivity index (χ2n) is 5.69. The van der Waals surface area contributed by atoms with Crippen LogP contribution in [0.3, 0.4) is 0 Å². The van der Waals surface area contributed by atoms with Crippen LogP contribution in [0.2, 0.25) is 0 Å². The van der Waals surface area contributed by atoms with Gasteiger partial charge in [-0.05, 0) is 25.0 Å². The molecule has 0 spiro atoms. The van der Waals surface area contributed by atoms with E-state index in [-0.39, 0.29) is 5.95 Å². The first kappa shape index (κ1) is 11.9. The molecule has 1 aliphatic rings. The van der Waals surface area contributed by atoms with Crippen LogP contribution in [0.5, 0.6) is 0 Å². The van der Waals surface area contributed by atoms with Crippen molar-refractivity contribution in [2.45, 2.75) is 18.8 Å².